The molecule has 0 aromatic heterocycles. The van der Waals surface area contributed by atoms with Gasteiger partial charge >= 0.3 is 0 Å². The first-order valence-corrected chi connectivity index (χ1v) is 9.52. The quantitative estimate of drug-likeness (QED) is 0.300. The molecule has 2 heteroatoms. The number of hydrogen-bond donors (Lipinski definition) is 1. The summed E-state index contributed by atoms with van der Waals surface area (Å²) in [6.45, 7) is 7.45. The van der Waals surface area contributed by atoms with Gasteiger partial charge in [-0.2, -0.15) is 0 Å². The molecule has 25 heavy (non-hydrogen) atoms. The van der Waals surface area contributed by atoms with Gasteiger partial charge in [0.25, 0.3) is 0 Å². The van der Waals surface area contributed by atoms with Crippen molar-refractivity contribution in [3.05, 3.63) is 67.3 Å². The summed E-state index contributed by atoms with van der Waals surface area (Å²) in [4.78, 5) is 12.0. The van der Waals surface area contributed by atoms with E-state index in [4.69, 9.17) is 0 Å². The Kier molecular flexibility index (Phi) is 12.0. The first-order chi connectivity index (χ1) is 12.3. The van der Waals surface area contributed by atoms with Gasteiger partial charge in [0, 0.05) is 12.1 Å². The highest BCUT2D eigenvalue weighted by Crippen LogP contribution is 2.14. The zero-order chi connectivity index (χ0) is 18.2. The van der Waals surface area contributed by atoms with Crippen molar-refractivity contribution in [2.24, 2.45) is 0 Å². The number of carbonyl (C=O) groups excluding carboxylic acids is 1. The molecule has 0 aliphatic rings. The van der Waals surface area contributed by atoms with E-state index in [1.807, 2.05) is 24.3 Å². The van der Waals surface area contributed by atoms with Crippen molar-refractivity contribution in [1.82, 2.24) is 0 Å². The number of rotatable bonds is 14. The van der Waals surface area contributed by atoms with Gasteiger partial charge in [0.15, 0.2) is 0 Å². The number of benzene rings is 1. The molecule has 0 aliphatic heterocycles. The second-order valence-corrected chi connectivity index (χ2v) is 6.37. The molecule has 0 radical (unpaired) electrons. The minimum absolute atomic E-state index is 0.116. The lowest BCUT2D eigenvalue weighted by Crippen LogP contribution is -2.11. The fourth-order valence-electron chi connectivity index (χ4n) is 2.66. The summed E-state index contributed by atoms with van der Waals surface area (Å²) >= 11 is 0. The number of unbranched alkanes of at least 4 members (excludes halogenated alkanes) is 5. The molecule has 0 atom stereocenters. The molecule has 0 heterocycles. The second kappa shape index (κ2) is 14.3. The van der Waals surface area contributed by atoms with Crippen molar-refractivity contribution in [1.29, 1.82) is 0 Å². The van der Waals surface area contributed by atoms with Crippen LogP contribution in [-0.4, -0.2) is 5.91 Å². The van der Waals surface area contributed by atoms with Gasteiger partial charge in [0.05, 0.1) is 0 Å². The lowest BCUT2D eigenvalue weighted by molar-refractivity contribution is -0.116. The van der Waals surface area contributed by atoms with E-state index in [2.05, 4.69) is 42.8 Å². The molecule has 0 saturated heterocycles. The van der Waals surface area contributed by atoms with E-state index in [0.29, 0.717) is 6.42 Å². The Hall–Kier alpha value is -2.09. The molecule has 1 amide bonds. The van der Waals surface area contributed by atoms with Crippen molar-refractivity contribution in [2.45, 2.75) is 64.2 Å². The standard InChI is InChI=1S/C23H33NO/c1-3-5-7-9-11-13-16-21-17-15-18-22(20-21)24-23(25)19-14-12-10-8-6-4-2/h3-4,9,11,15,17-18,20H,1-2,5-8,10,12-14,16,19H2,(H,24,25)/b11-9+. The van der Waals surface area contributed by atoms with Gasteiger partial charge in [-0.25, -0.2) is 0 Å². The van der Waals surface area contributed by atoms with E-state index in [1.54, 1.807) is 0 Å². The fraction of sp³-hybridized carbons (Fsp3) is 0.435. The molecule has 0 aliphatic carbocycles. The summed E-state index contributed by atoms with van der Waals surface area (Å²) in [6.07, 6.45) is 18.5. The molecule has 0 saturated carbocycles. The molecule has 0 unspecified atom stereocenters. The SMILES string of the molecule is C=CCC/C=C/CCc1cccc(NC(=O)CCCCCCC=C)c1. The van der Waals surface area contributed by atoms with Crippen molar-refractivity contribution < 1.29 is 4.79 Å². The number of amides is 1. The smallest absolute Gasteiger partial charge is 0.224 e. The Balaban J connectivity index is 2.27. The summed E-state index contributed by atoms with van der Waals surface area (Å²) in [5.41, 5.74) is 2.17. The summed E-state index contributed by atoms with van der Waals surface area (Å²) in [7, 11) is 0. The van der Waals surface area contributed by atoms with Crippen LogP contribution in [0, 0.1) is 0 Å². The van der Waals surface area contributed by atoms with Crippen LogP contribution in [0.4, 0.5) is 5.69 Å². The van der Waals surface area contributed by atoms with Crippen LogP contribution in [0.1, 0.15) is 63.4 Å². The predicted octanol–water partition coefficient (Wildman–Crippen LogP) is 6.61. The third kappa shape index (κ3) is 11.1. The largest absolute Gasteiger partial charge is 0.326 e. The van der Waals surface area contributed by atoms with Gasteiger partial charge in [0.1, 0.15) is 0 Å². The number of aryl methyl sites for hydroxylation is 1. The molecule has 1 rings (SSSR count). The van der Waals surface area contributed by atoms with Crippen molar-refractivity contribution in [3.8, 4) is 0 Å². The Labute approximate surface area is 153 Å². The van der Waals surface area contributed by atoms with Gasteiger partial charge in [-0.15, -0.1) is 13.2 Å². The predicted molar refractivity (Wildman–Crippen MR) is 110 cm³/mol. The minimum atomic E-state index is 0.116. The van der Waals surface area contributed by atoms with Gasteiger partial charge in [0.2, 0.25) is 5.91 Å². The molecule has 1 aromatic carbocycles. The van der Waals surface area contributed by atoms with Crippen LogP contribution in [0.5, 0.6) is 0 Å². The van der Waals surface area contributed by atoms with E-state index in [1.165, 1.54) is 18.4 Å². The summed E-state index contributed by atoms with van der Waals surface area (Å²) in [5, 5.41) is 3.02. The number of carbonyl (C=O) groups is 1. The highest BCUT2D eigenvalue weighted by atomic mass is 16.1. The lowest BCUT2D eigenvalue weighted by Gasteiger charge is -2.07. The van der Waals surface area contributed by atoms with Crippen molar-refractivity contribution in [2.75, 3.05) is 5.32 Å². The first kappa shape index (κ1) is 21.0. The van der Waals surface area contributed by atoms with Crippen LogP contribution in [-0.2, 0) is 11.2 Å². The van der Waals surface area contributed by atoms with Crippen molar-refractivity contribution in [3.63, 3.8) is 0 Å². The number of allylic oxidation sites excluding steroid dienone is 4. The van der Waals surface area contributed by atoms with E-state index in [9.17, 15) is 4.79 Å². The maximum absolute atomic E-state index is 12.0. The van der Waals surface area contributed by atoms with Crippen molar-refractivity contribution >= 4 is 11.6 Å². The minimum Gasteiger partial charge on any atom is -0.326 e. The molecular formula is C23H33NO. The molecule has 1 aromatic rings. The van der Waals surface area contributed by atoms with Gasteiger partial charge in [-0.05, 0) is 62.6 Å². The normalized spacial score (nSPS) is 10.7. The van der Waals surface area contributed by atoms with Crippen LogP contribution in [0.3, 0.4) is 0 Å². The van der Waals surface area contributed by atoms with E-state index in [0.717, 1.165) is 50.6 Å². The molecule has 2 nitrogen and oxygen atoms in total. The van der Waals surface area contributed by atoms with Crippen LogP contribution >= 0.6 is 0 Å². The fourth-order valence-corrected chi connectivity index (χ4v) is 2.66. The molecule has 136 valence electrons. The highest BCUT2D eigenvalue weighted by molar-refractivity contribution is 5.90. The Morgan fingerprint density at radius 2 is 1.68 bits per heavy atom. The van der Waals surface area contributed by atoms with E-state index in [-0.39, 0.29) is 5.91 Å². The Morgan fingerprint density at radius 3 is 2.48 bits per heavy atom. The molecule has 1 N–H and O–H groups in total. The third-order valence-electron chi connectivity index (χ3n) is 4.08. The second-order valence-electron chi connectivity index (χ2n) is 6.37. The van der Waals surface area contributed by atoms with Crippen LogP contribution in [0.15, 0.2) is 61.7 Å². The van der Waals surface area contributed by atoms with Crippen LogP contribution in [0.2, 0.25) is 0 Å². The molecular weight excluding hydrogens is 306 g/mol. The van der Waals surface area contributed by atoms with Crippen LogP contribution in [0.25, 0.3) is 0 Å². The van der Waals surface area contributed by atoms with Crippen LogP contribution < -0.4 is 5.32 Å². The van der Waals surface area contributed by atoms with Gasteiger partial charge < -0.3 is 5.32 Å². The topological polar surface area (TPSA) is 29.1 Å². The van der Waals surface area contributed by atoms with E-state index >= 15 is 0 Å². The summed E-state index contributed by atoms with van der Waals surface area (Å²) in [5.74, 6) is 0.116. The summed E-state index contributed by atoms with van der Waals surface area (Å²) < 4.78 is 0. The maximum atomic E-state index is 12.0. The third-order valence-corrected chi connectivity index (χ3v) is 4.08. The zero-order valence-electron chi connectivity index (χ0n) is 15.5. The number of nitrogens with one attached hydrogen (secondary N) is 1. The van der Waals surface area contributed by atoms with Gasteiger partial charge in [-0.1, -0.05) is 49.3 Å². The zero-order valence-corrected chi connectivity index (χ0v) is 15.5. The number of hydrogen-bond acceptors (Lipinski definition) is 1. The average Bonchev–Trinajstić information content (AvgIpc) is 2.61. The van der Waals surface area contributed by atoms with Gasteiger partial charge in [-0.3, -0.25) is 4.79 Å². The Morgan fingerprint density at radius 1 is 0.920 bits per heavy atom. The Bertz CT molecular complexity index is 545. The summed E-state index contributed by atoms with van der Waals surface area (Å²) in [6, 6.07) is 8.18. The average molecular weight is 340 g/mol. The van der Waals surface area contributed by atoms with E-state index < -0.39 is 0 Å². The monoisotopic (exact) mass is 339 g/mol. The first-order valence-electron chi connectivity index (χ1n) is 9.52. The number of anilines is 1. The molecule has 0 fully saturated rings. The highest BCUT2D eigenvalue weighted by Gasteiger charge is 2.03. The molecule has 0 bridgehead atoms. The molecule has 0 spiro atoms. The lowest BCUT2D eigenvalue weighted by atomic mass is 10.1. The maximum Gasteiger partial charge on any atom is 0.224 e.